The van der Waals surface area contributed by atoms with Crippen LogP contribution in [0.15, 0.2) is 55.0 Å². The maximum Gasteiger partial charge on any atom is 0.234 e. The van der Waals surface area contributed by atoms with Gasteiger partial charge in [0.15, 0.2) is 11.6 Å². The Balaban J connectivity index is 2.05. The minimum absolute atomic E-state index is 0.387. The summed E-state index contributed by atoms with van der Waals surface area (Å²) in [6, 6.07) is 9.87. The Morgan fingerprint density at radius 3 is 2.71 bits per heavy atom. The molecule has 6 heteroatoms. The quantitative estimate of drug-likeness (QED) is 0.613. The summed E-state index contributed by atoms with van der Waals surface area (Å²) in [6.07, 6.45) is 5.24. The second kappa shape index (κ2) is 5.42. The fourth-order valence-electron chi connectivity index (χ4n) is 2.71. The first-order valence-electron chi connectivity index (χ1n) is 7.38. The van der Waals surface area contributed by atoms with Crippen molar-refractivity contribution < 1.29 is 9.50 Å². The van der Waals surface area contributed by atoms with E-state index in [1.807, 2.05) is 35.7 Å². The third-order valence-corrected chi connectivity index (χ3v) is 3.79. The number of phenols is 1. The summed E-state index contributed by atoms with van der Waals surface area (Å²) in [6.45, 7) is 1.91. The number of rotatable bonds is 2. The zero-order valence-corrected chi connectivity index (χ0v) is 12.8. The average Bonchev–Trinajstić information content (AvgIpc) is 2.97. The van der Waals surface area contributed by atoms with Gasteiger partial charge in [-0.15, -0.1) is 0 Å². The number of aryl methyl sites for hydroxylation is 1. The van der Waals surface area contributed by atoms with E-state index >= 15 is 0 Å². The molecule has 4 aromatic rings. The topological polar surface area (TPSA) is 63.3 Å². The molecule has 0 aliphatic heterocycles. The Labute approximate surface area is 137 Å². The molecule has 0 spiro atoms. The molecule has 24 heavy (non-hydrogen) atoms. The van der Waals surface area contributed by atoms with Crippen LogP contribution in [-0.2, 0) is 0 Å². The van der Waals surface area contributed by atoms with Crippen LogP contribution >= 0.6 is 0 Å². The lowest BCUT2D eigenvalue weighted by atomic mass is 10.0. The molecule has 0 aliphatic carbocycles. The van der Waals surface area contributed by atoms with Crippen molar-refractivity contribution in [3.05, 3.63) is 66.5 Å². The van der Waals surface area contributed by atoms with Crippen LogP contribution in [0.2, 0.25) is 0 Å². The minimum atomic E-state index is -0.686. The van der Waals surface area contributed by atoms with Crippen LogP contribution in [0.5, 0.6) is 5.75 Å². The van der Waals surface area contributed by atoms with Crippen molar-refractivity contribution in [1.29, 1.82) is 0 Å². The van der Waals surface area contributed by atoms with Crippen LogP contribution in [0.4, 0.5) is 4.39 Å². The summed E-state index contributed by atoms with van der Waals surface area (Å²) in [5.41, 5.74) is 3.74. The van der Waals surface area contributed by atoms with Crippen LogP contribution in [0.25, 0.3) is 28.3 Å². The van der Waals surface area contributed by atoms with Gasteiger partial charge in [0.25, 0.3) is 0 Å². The molecular formula is C18H13FN4O. The number of benzene rings is 1. The number of imidazole rings is 1. The predicted molar refractivity (Wildman–Crippen MR) is 88.0 cm³/mol. The molecule has 0 saturated heterocycles. The smallest absolute Gasteiger partial charge is 0.234 e. The number of halogens is 1. The first-order chi connectivity index (χ1) is 11.6. The average molecular weight is 320 g/mol. The van der Waals surface area contributed by atoms with Gasteiger partial charge < -0.3 is 5.11 Å². The lowest BCUT2D eigenvalue weighted by molar-refractivity contribution is 0.432. The largest absolute Gasteiger partial charge is 0.505 e. The highest BCUT2D eigenvalue weighted by Gasteiger charge is 2.17. The van der Waals surface area contributed by atoms with E-state index in [0.717, 1.165) is 17.0 Å². The summed E-state index contributed by atoms with van der Waals surface area (Å²) in [5, 5.41) is 9.43. The van der Waals surface area contributed by atoms with E-state index in [4.69, 9.17) is 0 Å². The first kappa shape index (κ1) is 14.3. The standard InChI is InChI=1S/C18H13FN4O/c1-11-9-13(5-7-20-11)17-16(12-3-4-15(24)14(19)10-12)22-18-21-6-2-8-23(17)18/h2-10,24H,1H3. The molecule has 0 amide bonds. The van der Waals surface area contributed by atoms with Gasteiger partial charge in [-0.2, -0.15) is 0 Å². The second-order valence-corrected chi connectivity index (χ2v) is 5.45. The van der Waals surface area contributed by atoms with Gasteiger partial charge in [0.2, 0.25) is 5.78 Å². The van der Waals surface area contributed by atoms with Gasteiger partial charge in [-0.3, -0.25) is 9.38 Å². The van der Waals surface area contributed by atoms with Gasteiger partial charge in [-0.25, -0.2) is 14.4 Å². The molecule has 1 N–H and O–H groups in total. The second-order valence-electron chi connectivity index (χ2n) is 5.45. The van der Waals surface area contributed by atoms with Gasteiger partial charge in [0.1, 0.15) is 0 Å². The molecule has 1 aromatic carbocycles. The van der Waals surface area contributed by atoms with Gasteiger partial charge >= 0.3 is 0 Å². The van der Waals surface area contributed by atoms with Crippen LogP contribution in [0.1, 0.15) is 5.69 Å². The Kier molecular flexibility index (Phi) is 3.23. The minimum Gasteiger partial charge on any atom is -0.505 e. The molecular weight excluding hydrogens is 307 g/mol. The number of phenolic OH excluding ortho intramolecular Hbond substituents is 1. The van der Waals surface area contributed by atoms with Crippen molar-refractivity contribution in [3.8, 4) is 28.3 Å². The van der Waals surface area contributed by atoms with Gasteiger partial charge in [0, 0.05) is 35.4 Å². The van der Waals surface area contributed by atoms with Crippen molar-refractivity contribution in [2.45, 2.75) is 6.92 Å². The molecule has 0 bridgehead atoms. The summed E-state index contributed by atoms with van der Waals surface area (Å²) in [4.78, 5) is 13.0. The summed E-state index contributed by atoms with van der Waals surface area (Å²) in [7, 11) is 0. The maximum absolute atomic E-state index is 13.8. The van der Waals surface area contributed by atoms with Crippen LogP contribution in [0.3, 0.4) is 0 Å². The van der Waals surface area contributed by atoms with Crippen LogP contribution in [0, 0.1) is 12.7 Å². The number of aromatic nitrogens is 4. The highest BCUT2D eigenvalue weighted by molar-refractivity contribution is 5.81. The zero-order valence-electron chi connectivity index (χ0n) is 12.8. The molecule has 4 rings (SSSR count). The Bertz CT molecular complexity index is 1060. The van der Waals surface area contributed by atoms with Crippen molar-refractivity contribution >= 4 is 5.78 Å². The van der Waals surface area contributed by atoms with Crippen molar-refractivity contribution in [1.82, 2.24) is 19.4 Å². The Morgan fingerprint density at radius 1 is 1.04 bits per heavy atom. The fourth-order valence-corrected chi connectivity index (χ4v) is 2.71. The maximum atomic E-state index is 13.8. The summed E-state index contributed by atoms with van der Waals surface area (Å²) < 4.78 is 15.7. The Morgan fingerprint density at radius 2 is 1.92 bits per heavy atom. The third kappa shape index (κ3) is 2.28. The van der Waals surface area contributed by atoms with E-state index in [2.05, 4.69) is 15.0 Å². The first-order valence-corrected chi connectivity index (χ1v) is 7.38. The molecule has 0 unspecified atom stereocenters. The molecule has 0 radical (unpaired) electrons. The molecule has 118 valence electrons. The lowest BCUT2D eigenvalue weighted by Crippen LogP contribution is -1.92. The van der Waals surface area contributed by atoms with E-state index < -0.39 is 5.82 Å². The third-order valence-electron chi connectivity index (χ3n) is 3.79. The van der Waals surface area contributed by atoms with E-state index in [-0.39, 0.29) is 5.75 Å². The van der Waals surface area contributed by atoms with Crippen molar-refractivity contribution in [3.63, 3.8) is 0 Å². The normalized spacial score (nSPS) is 11.1. The van der Waals surface area contributed by atoms with E-state index in [0.29, 0.717) is 17.0 Å². The fraction of sp³-hybridized carbons (Fsp3) is 0.0556. The van der Waals surface area contributed by atoms with Gasteiger partial charge in [0.05, 0.1) is 11.4 Å². The van der Waals surface area contributed by atoms with Crippen LogP contribution < -0.4 is 0 Å². The number of pyridine rings is 1. The molecule has 0 aliphatic rings. The number of hydrogen-bond donors (Lipinski definition) is 1. The Hall–Kier alpha value is -3.28. The number of aromatic hydroxyl groups is 1. The van der Waals surface area contributed by atoms with Crippen LogP contribution in [-0.4, -0.2) is 24.5 Å². The molecule has 0 atom stereocenters. The summed E-state index contributed by atoms with van der Waals surface area (Å²) >= 11 is 0. The van der Waals surface area contributed by atoms with E-state index in [9.17, 15) is 9.50 Å². The van der Waals surface area contributed by atoms with E-state index in [1.54, 1.807) is 18.5 Å². The number of nitrogens with zero attached hydrogens (tertiary/aromatic N) is 4. The summed E-state index contributed by atoms with van der Waals surface area (Å²) in [5.74, 6) is -0.554. The van der Waals surface area contributed by atoms with Gasteiger partial charge in [-0.05, 0) is 43.3 Å². The van der Waals surface area contributed by atoms with Crippen molar-refractivity contribution in [2.75, 3.05) is 0 Å². The molecule has 5 nitrogen and oxygen atoms in total. The number of hydrogen-bond acceptors (Lipinski definition) is 4. The number of fused-ring (bicyclic) bond motifs is 1. The molecule has 0 fully saturated rings. The van der Waals surface area contributed by atoms with E-state index in [1.165, 1.54) is 12.1 Å². The molecule has 0 saturated carbocycles. The van der Waals surface area contributed by atoms with Crippen molar-refractivity contribution in [2.24, 2.45) is 0 Å². The molecule has 3 heterocycles. The zero-order chi connectivity index (χ0) is 16.7. The predicted octanol–water partition coefficient (Wildman–Crippen LogP) is 3.61. The highest BCUT2D eigenvalue weighted by Crippen LogP contribution is 2.33. The SMILES string of the molecule is Cc1cc(-c2c(-c3ccc(O)c(F)c3)nc3ncccn23)ccn1. The molecule has 3 aromatic heterocycles. The lowest BCUT2D eigenvalue weighted by Gasteiger charge is -2.06. The monoisotopic (exact) mass is 320 g/mol. The van der Waals surface area contributed by atoms with Gasteiger partial charge in [-0.1, -0.05) is 0 Å². The highest BCUT2D eigenvalue weighted by atomic mass is 19.1.